The third-order valence-electron chi connectivity index (χ3n) is 2.80. The van der Waals surface area contributed by atoms with Crippen LogP contribution in [0.25, 0.3) is 0 Å². The number of thiazole rings is 1. The van der Waals surface area contributed by atoms with E-state index in [9.17, 15) is 9.90 Å². The summed E-state index contributed by atoms with van der Waals surface area (Å²) in [5.41, 5.74) is -0.777. The monoisotopic (exact) mass is 239 g/mol. The molecular formula is C11H13NO3S. The quantitative estimate of drug-likeness (QED) is 0.819. The summed E-state index contributed by atoms with van der Waals surface area (Å²) >= 11 is 1.38. The maximum Gasteiger partial charge on any atom is 0.313 e. The van der Waals surface area contributed by atoms with Crippen LogP contribution in [0.15, 0.2) is 23.7 Å². The molecule has 0 saturated heterocycles. The normalized spacial score (nSPS) is 24.2. The maximum absolute atomic E-state index is 11.3. The molecule has 0 aromatic carbocycles. The van der Waals surface area contributed by atoms with E-state index < -0.39 is 11.4 Å². The van der Waals surface area contributed by atoms with E-state index in [1.54, 1.807) is 6.20 Å². The standard InChI is InChI=1S/C11H13NO3S/c13-9(14)11(4-2-1-3-5-11)8-15-10-12-6-7-16-10/h1-2,6-7H,3-5,8H2,(H,13,14). The summed E-state index contributed by atoms with van der Waals surface area (Å²) in [6.45, 7) is 0.195. The van der Waals surface area contributed by atoms with Gasteiger partial charge in [0.05, 0.1) is 0 Å². The van der Waals surface area contributed by atoms with Crippen molar-refractivity contribution in [2.45, 2.75) is 19.3 Å². The Morgan fingerprint density at radius 3 is 3.06 bits per heavy atom. The second-order valence-electron chi connectivity index (χ2n) is 3.89. The average molecular weight is 239 g/mol. The molecule has 0 radical (unpaired) electrons. The lowest BCUT2D eigenvalue weighted by atomic mass is 9.78. The zero-order valence-corrected chi connectivity index (χ0v) is 9.57. The van der Waals surface area contributed by atoms with E-state index in [4.69, 9.17) is 4.74 Å². The Labute approximate surface area is 97.6 Å². The number of ether oxygens (including phenoxy) is 1. The molecule has 1 atom stereocenters. The van der Waals surface area contributed by atoms with Crippen molar-refractivity contribution >= 4 is 17.3 Å². The lowest BCUT2D eigenvalue weighted by Crippen LogP contribution is -2.37. The summed E-state index contributed by atoms with van der Waals surface area (Å²) in [6.07, 6.45) is 7.55. The highest BCUT2D eigenvalue weighted by molar-refractivity contribution is 7.11. The van der Waals surface area contributed by atoms with Gasteiger partial charge in [0.1, 0.15) is 12.0 Å². The summed E-state index contributed by atoms with van der Waals surface area (Å²) in [5, 5.41) is 11.6. The largest absolute Gasteiger partial charge is 0.481 e. The molecule has 0 fully saturated rings. The summed E-state index contributed by atoms with van der Waals surface area (Å²) < 4.78 is 5.44. The minimum atomic E-state index is -0.784. The number of hydrogen-bond acceptors (Lipinski definition) is 4. The first-order valence-corrected chi connectivity index (χ1v) is 6.02. The van der Waals surface area contributed by atoms with Crippen LogP contribution in [-0.4, -0.2) is 22.7 Å². The second-order valence-corrected chi connectivity index (χ2v) is 4.74. The van der Waals surface area contributed by atoms with Crippen LogP contribution in [0.4, 0.5) is 0 Å². The van der Waals surface area contributed by atoms with Crippen molar-refractivity contribution in [2.75, 3.05) is 6.61 Å². The maximum atomic E-state index is 11.3. The fraction of sp³-hybridized carbons (Fsp3) is 0.455. The number of allylic oxidation sites excluding steroid dienone is 2. The highest BCUT2D eigenvalue weighted by Gasteiger charge is 2.39. The minimum Gasteiger partial charge on any atom is -0.481 e. The van der Waals surface area contributed by atoms with Crippen molar-refractivity contribution in [3.8, 4) is 5.19 Å². The number of aliphatic carboxylic acids is 1. The number of rotatable bonds is 4. The Morgan fingerprint density at radius 1 is 1.62 bits per heavy atom. The van der Waals surface area contributed by atoms with E-state index in [2.05, 4.69) is 4.98 Å². The Balaban J connectivity index is 2.03. The van der Waals surface area contributed by atoms with Gasteiger partial charge < -0.3 is 9.84 Å². The summed E-state index contributed by atoms with van der Waals surface area (Å²) in [4.78, 5) is 15.3. The van der Waals surface area contributed by atoms with E-state index in [1.165, 1.54) is 11.3 Å². The van der Waals surface area contributed by atoms with Crippen molar-refractivity contribution in [3.63, 3.8) is 0 Å². The summed E-state index contributed by atoms with van der Waals surface area (Å²) in [6, 6.07) is 0. The van der Waals surface area contributed by atoms with Crippen LogP contribution in [0.1, 0.15) is 19.3 Å². The lowest BCUT2D eigenvalue weighted by molar-refractivity contribution is -0.151. The van der Waals surface area contributed by atoms with E-state index in [0.717, 1.165) is 6.42 Å². The molecule has 16 heavy (non-hydrogen) atoms. The fourth-order valence-electron chi connectivity index (χ4n) is 1.76. The van der Waals surface area contributed by atoms with Gasteiger partial charge in [0.2, 0.25) is 0 Å². The molecular weight excluding hydrogens is 226 g/mol. The molecule has 86 valence electrons. The first-order chi connectivity index (χ1) is 7.73. The van der Waals surface area contributed by atoms with Crippen LogP contribution in [0.5, 0.6) is 5.19 Å². The first kappa shape index (κ1) is 11.1. The van der Waals surface area contributed by atoms with Gasteiger partial charge in [-0.2, -0.15) is 0 Å². The number of carboxylic acid groups (broad SMARTS) is 1. The lowest BCUT2D eigenvalue weighted by Gasteiger charge is -2.29. The topological polar surface area (TPSA) is 59.4 Å². The van der Waals surface area contributed by atoms with E-state index in [-0.39, 0.29) is 6.61 Å². The summed E-state index contributed by atoms with van der Waals surface area (Å²) in [7, 11) is 0. The Hall–Kier alpha value is -1.36. The molecule has 1 heterocycles. The number of nitrogens with zero attached hydrogens (tertiary/aromatic N) is 1. The van der Waals surface area contributed by atoms with E-state index in [0.29, 0.717) is 18.0 Å². The van der Waals surface area contributed by atoms with Crippen molar-refractivity contribution in [1.29, 1.82) is 0 Å². The molecule has 0 bridgehead atoms. The van der Waals surface area contributed by atoms with Gasteiger partial charge >= 0.3 is 5.97 Å². The predicted molar refractivity (Wildman–Crippen MR) is 60.7 cm³/mol. The molecule has 1 aromatic rings. The number of carbonyl (C=O) groups is 1. The average Bonchev–Trinajstić information content (AvgIpc) is 2.80. The molecule has 1 aromatic heterocycles. The molecule has 5 heteroatoms. The zero-order valence-electron chi connectivity index (χ0n) is 8.76. The smallest absolute Gasteiger partial charge is 0.313 e. The van der Waals surface area contributed by atoms with Crippen molar-refractivity contribution in [2.24, 2.45) is 5.41 Å². The Morgan fingerprint density at radius 2 is 2.50 bits per heavy atom. The first-order valence-electron chi connectivity index (χ1n) is 5.14. The molecule has 1 N–H and O–H groups in total. The molecule has 0 aliphatic heterocycles. The van der Waals surface area contributed by atoms with Crippen LogP contribution in [-0.2, 0) is 4.79 Å². The number of aromatic nitrogens is 1. The molecule has 0 spiro atoms. The van der Waals surface area contributed by atoms with Crippen molar-refractivity contribution in [1.82, 2.24) is 4.98 Å². The molecule has 1 aliphatic carbocycles. The van der Waals surface area contributed by atoms with E-state index in [1.807, 2.05) is 17.5 Å². The highest BCUT2D eigenvalue weighted by atomic mass is 32.1. The second kappa shape index (κ2) is 4.65. The van der Waals surface area contributed by atoms with Gasteiger partial charge in [0, 0.05) is 11.6 Å². The van der Waals surface area contributed by atoms with Gasteiger partial charge in [-0.15, -0.1) is 0 Å². The Kier molecular flexibility index (Phi) is 3.24. The predicted octanol–water partition coefficient (Wildman–Crippen LogP) is 2.33. The van der Waals surface area contributed by atoms with Gasteiger partial charge in [0.15, 0.2) is 0 Å². The molecule has 0 amide bonds. The molecule has 4 nitrogen and oxygen atoms in total. The van der Waals surface area contributed by atoms with Gasteiger partial charge in [-0.3, -0.25) is 4.79 Å². The molecule has 2 rings (SSSR count). The third kappa shape index (κ3) is 2.24. The van der Waals surface area contributed by atoms with Gasteiger partial charge in [-0.1, -0.05) is 23.5 Å². The molecule has 1 unspecified atom stereocenters. The van der Waals surface area contributed by atoms with Crippen LogP contribution in [0.2, 0.25) is 0 Å². The van der Waals surface area contributed by atoms with Crippen LogP contribution in [0.3, 0.4) is 0 Å². The van der Waals surface area contributed by atoms with Crippen LogP contribution >= 0.6 is 11.3 Å². The van der Waals surface area contributed by atoms with Gasteiger partial charge in [-0.05, 0) is 19.3 Å². The minimum absolute atomic E-state index is 0.195. The molecule has 0 saturated carbocycles. The fourth-order valence-corrected chi connectivity index (χ4v) is 2.24. The zero-order chi connectivity index (χ0) is 11.4. The Bertz CT molecular complexity index is 388. The van der Waals surface area contributed by atoms with E-state index >= 15 is 0 Å². The van der Waals surface area contributed by atoms with Crippen LogP contribution in [0, 0.1) is 5.41 Å². The van der Waals surface area contributed by atoms with Crippen molar-refractivity contribution in [3.05, 3.63) is 23.7 Å². The number of hydrogen-bond donors (Lipinski definition) is 1. The van der Waals surface area contributed by atoms with Gasteiger partial charge in [-0.25, -0.2) is 4.98 Å². The number of carboxylic acids is 1. The molecule has 1 aliphatic rings. The third-order valence-corrected chi connectivity index (χ3v) is 3.48. The van der Waals surface area contributed by atoms with Crippen LogP contribution < -0.4 is 4.74 Å². The SMILES string of the molecule is O=C(O)C1(COc2nccs2)CC=CCC1. The van der Waals surface area contributed by atoms with Crippen molar-refractivity contribution < 1.29 is 14.6 Å². The highest BCUT2D eigenvalue weighted by Crippen LogP contribution is 2.34. The van der Waals surface area contributed by atoms with Gasteiger partial charge in [0.25, 0.3) is 5.19 Å². The summed E-state index contributed by atoms with van der Waals surface area (Å²) in [5.74, 6) is -0.784.